The fraction of sp³-hybridized carbons (Fsp3) is 0.0667. The first-order valence-electron chi connectivity index (χ1n) is 12.8. The summed E-state index contributed by atoms with van der Waals surface area (Å²) in [4.78, 5) is 33.3. The molecule has 206 valence electrons. The lowest BCUT2D eigenvalue weighted by molar-refractivity contribution is 0.370. The standard InChI is InChI=1S/C30H19ClN6O4S/c1-17-23-28(38)37(19-12-6-3-7-13-19)30(39)36(16-22-32-25(35-41-22)20-14-8-9-15-21(20)31)29(23)42-24(17)27-34-33-26(40-27)18-10-4-2-5-11-18/h2-15H,16H2,1H3. The average Bonchev–Trinajstić information content (AvgIpc) is 3.76. The molecule has 0 N–H and O–H groups in total. The predicted octanol–water partition coefficient (Wildman–Crippen LogP) is 5.99. The average molecular weight is 595 g/mol. The first kappa shape index (κ1) is 25.8. The summed E-state index contributed by atoms with van der Waals surface area (Å²) in [6.07, 6.45) is 0. The Morgan fingerprint density at radius 3 is 2.33 bits per heavy atom. The number of aryl methyl sites for hydroxylation is 1. The van der Waals surface area contributed by atoms with Gasteiger partial charge < -0.3 is 8.94 Å². The van der Waals surface area contributed by atoms with Crippen LogP contribution in [0, 0.1) is 6.92 Å². The van der Waals surface area contributed by atoms with Crippen LogP contribution in [-0.2, 0) is 6.54 Å². The number of para-hydroxylation sites is 1. The summed E-state index contributed by atoms with van der Waals surface area (Å²) < 4.78 is 14.1. The number of hydrogen-bond acceptors (Lipinski definition) is 9. The summed E-state index contributed by atoms with van der Waals surface area (Å²) in [5, 5.41) is 13.3. The summed E-state index contributed by atoms with van der Waals surface area (Å²) >= 11 is 7.54. The number of fused-ring (bicyclic) bond motifs is 1. The predicted molar refractivity (Wildman–Crippen MR) is 159 cm³/mol. The molecule has 0 aliphatic rings. The van der Waals surface area contributed by atoms with Crippen molar-refractivity contribution >= 4 is 33.2 Å². The molecule has 12 heteroatoms. The molecule has 0 saturated carbocycles. The number of nitrogens with zero attached hydrogens (tertiary/aromatic N) is 6. The van der Waals surface area contributed by atoms with Gasteiger partial charge in [-0.3, -0.25) is 9.36 Å². The van der Waals surface area contributed by atoms with Gasteiger partial charge >= 0.3 is 5.69 Å². The van der Waals surface area contributed by atoms with Gasteiger partial charge in [0.05, 0.1) is 21.0 Å². The zero-order valence-corrected chi connectivity index (χ0v) is 23.5. The fourth-order valence-electron chi connectivity index (χ4n) is 4.71. The Bertz CT molecular complexity index is 2200. The van der Waals surface area contributed by atoms with Crippen LogP contribution in [0.3, 0.4) is 0 Å². The topological polar surface area (TPSA) is 122 Å². The van der Waals surface area contributed by atoms with Crippen molar-refractivity contribution in [2.45, 2.75) is 13.5 Å². The molecular formula is C30H19ClN6O4S. The molecule has 7 aromatic rings. The van der Waals surface area contributed by atoms with E-state index >= 15 is 0 Å². The normalized spacial score (nSPS) is 11.4. The maximum atomic E-state index is 14.0. The Hall–Kier alpha value is -5.13. The molecule has 10 nitrogen and oxygen atoms in total. The highest BCUT2D eigenvalue weighted by molar-refractivity contribution is 7.22. The van der Waals surface area contributed by atoms with Crippen molar-refractivity contribution in [1.29, 1.82) is 0 Å². The van der Waals surface area contributed by atoms with Gasteiger partial charge in [0.1, 0.15) is 11.4 Å². The van der Waals surface area contributed by atoms with Crippen molar-refractivity contribution in [3.63, 3.8) is 0 Å². The summed E-state index contributed by atoms with van der Waals surface area (Å²) in [6, 6.07) is 25.3. The van der Waals surface area contributed by atoms with Crippen LogP contribution in [0.2, 0.25) is 5.02 Å². The number of hydrogen-bond donors (Lipinski definition) is 0. The highest BCUT2D eigenvalue weighted by Gasteiger charge is 2.25. The molecule has 0 amide bonds. The SMILES string of the molecule is Cc1c(-c2nnc(-c3ccccc3)o2)sc2c1c(=O)n(-c1ccccc1)c(=O)n2Cc1nc(-c2ccccc2Cl)no1. The lowest BCUT2D eigenvalue weighted by atomic mass is 10.2. The molecule has 7 rings (SSSR count). The third-order valence-electron chi connectivity index (χ3n) is 6.74. The zero-order chi connectivity index (χ0) is 28.8. The zero-order valence-electron chi connectivity index (χ0n) is 21.9. The van der Waals surface area contributed by atoms with E-state index in [0.29, 0.717) is 48.6 Å². The number of thiophene rings is 1. The Morgan fingerprint density at radius 2 is 1.57 bits per heavy atom. The smallest absolute Gasteiger partial charge is 0.337 e. The number of aromatic nitrogens is 6. The highest BCUT2D eigenvalue weighted by Crippen LogP contribution is 2.37. The molecule has 4 aromatic heterocycles. The Balaban J connectivity index is 1.41. The van der Waals surface area contributed by atoms with Crippen LogP contribution in [0.4, 0.5) is 0 Å². The maximum Gasteiger partial charge on any atom is 0.337 e. The van der Waals surface area contributed by atoms with E-state index in [9.17, 15) is 9.59 Å². The summed E-state index contributed by atoms with van der Waals surface area (Å²) in [5.74, 6) is 1.05. The quantitative estimate of drug-likeness (QED) is 0.230. The molecule has 3 aromatic carbocycles. The van der Waals surface area contributed by atoms with Crippen LogP contribution >= 0.6 is 22.9 Å². The van der Waals surface area contributed by atoms with Crippen molar-refractivity contribution in [1.82, 2.24) is 29.5 Å². The van der Waals surface area contributed by atoms with Crippen LogP contribution in [-0.4, -0.2) is 29.5 Å². The monoisotopic (exact) mass is 594 g/mol. The van der Waals surface area contributed by atoms with Gasteiger partial charge in [0.25, 0.3) is 11.4 Å². The highest BCUT2D eigenvalue weighted by atomic mass is 35.5. The van der Waals surface area contributed by atoms with E-state index in [-0.39, 0.29) is 18.3 Å². The third kappa shape index (κ3) is 4.35. The van der Waals surface area contributed by atoms with Gasteiger partial charge in [-0.1, -0.05) is 65.3 Å². The molecule has 0 spiro atoms. The van der Waals surface area contributed by atoms with Crippen molar-refractivity contribution in [2.24, 2.45) is 0 Å². The van der Waals surface area contributed by atoms with Crippen molar-refractivity contribution in [2.75, 3.05) is 0 Å². The molecule has 42 heavy (non-hydrogen) atoms. The van der Waals surface area contributed by atoms with Gasteiger partial charge in [-0.05, 0) is 48.9 Å². The van der Waals surface area contributed by atoms with Crippen molar-refractivity contribution in [3.8, 4) is 39.3 Å². The van der Waals surface area contributed by atoms with E-state index in [4.69, 9.17) is 20.5 Å². The van der Waals surface area contributed by atoms with Gasteiger partial charge in [0.15, 0.2) is 0 Å². The maximum absolute atomic E-state index is 14.0. The molecule has 0 radical (unpaired) electrons. The second-order valence-corrected chi connectivity index (χ2v) is 10.8. The summed E-state index contributed by atoms with van der Waals surface area (Å²) in [7, 11) is 0. The van der Waals surface area contributed by atoms with E-state index < -0.39 is 11.2 Å². The molecule has 0 aliphatic carbocycles. The Kier molecular flexibility index (Phi) is 6.37. The van der Waals surface area contributed by atoms with E-state index in [1.807, 2.05) is 42.5 Å². The van der Waals surface area contributed by atoms with Gasteiger partial charge in [0, 0.05) is 11.1 Å². The van der Waals surface area contributed by atoms with Gasteiger partial charge in [0.2, 0.25) is 17.6 Å². The van der Waals surface area contributed by atoms with Crippen molar-refractivity contribution < 1.29 is 8.94 Å². The molecule has 0 fully saturated rings. The second kappa shape index (κ2) is 10.4. The van der Waals surface area contributed by atoms with E-state index in [1.165, 1.54) is 15.9 Å². The third-order valence-corrected chi connectivity index (χ3v) is 8.38. The minimum atomic E-state index is -0.556. The fourth-order valence-corrected chi connectivity index (χ4v) is 6.15. The lowest BCUT2D eigenvalue weighted by Gasteiger charge is -2.10. The first-order valence-corrected chi connectivity index (χ1v) is 14.0. The van der Waals surface area contributed by atoms with Gasteiger partial charge in [-0.25, -0.2) is 9.36 Å². The molecule has 0 saturated heterocycles. The summed E-state index contributed by atoms with van der Waals surface area (Å²) in [5.41, 5.74) is 1.40. The molecular weight excluding hydrogens is 576 g/mol. The van der Waals surface area contributed by atoms with Crippen LogP contribution in [0.1, 0.15) is 11.5 Å². The first-order chi connectivity index (χ1) is 20.5. The van der Waals surface area contributed by atoms with Gasteiger partial charge in [-0.15, -0.1) is 21.5 Å². The van der Waals surface area contributed by atoms with Crippen molar-refractivity contribution in [3.05, 3.63) is 122 Å². The summed E-state index contributed by atoms with van der Waals surface area (Å²) in [6.45, 7) is 1.71. The second-order valence-electron chi connectivity index (χ2n) is 9.35. The van der Waals surface area contributed by atoms with Crippen LogP contribution in [0.15, 0.2) is 103 Å². The van der Waals surface area contributed by atoms with Gasteiger partial charge in [-0.2, -0.15) is 4.98 Å². The largest absolute Gasteiger partial charge is 0.415 e. The molecule has 4 heterocycles. The Morgan fingerprint density at radius 1 is 0.881 bits per heavy atom. The number of rotatable bonds is 6. The molecule has 0 bridgehead atoms. The van der Waals surface area contributed by atoms with E-state index in [1.54, 1.807) is 49.4 Å². The number of benzene rings is 3. The molecule has 0 aliphatic heterocycles. The minimum absolute atomic E-state index is 0.0849. The van der Waals surface area contributed by atoms with Crippen LogP contribution in [0.5, 0.6) is 0 Å². The molecule has 0 unspecified atom stereocenters. The lowest BCUT2D eigenvalue weighted by Crippen LogP contribution is -2.38. The number of halogens is 1. The van der Waals surface area contributed by atoms with E-state index in [0.717, 1.165) is 10.1 Å². The van der Waals surface area contributed by atoms with Crippen LogP contribution in [0.25, 0.3) is 49.5 Å². The molecule has 0 atom stereocenters. The van der Waals surface area contributed by atoms with E-state index in [2.05, 4.69) is 20.3 Å². The minimum Gasteiger partial charge on any atom is -0.415 e. The Labute approximate surface area is 246 Å². The van der Waals surface area contributed by atoms with Crippen LogP contribution < -0.4 is 11.2 Å².